The predicted octanol–water partition coefficient (Wildman–Crippen LogP) is 4.40. The molecule has 0 spiro atoms. The van der Waals surface area contributed by atoms with Gasteiger partial charge in [-0.05, 0) is 60.8 Å². The summed E-state index contributed by atoms with van der Waals surface area (Å²) in [7, 11) is 0. The lowest BCUT2D eigenvalue weighted by Crippen LogP contribution is -2.61. The molecule has 4 fully saturated rings. The highest BCUT2D eigenvalue weighted by molar-refractivity contribution is 9.10. The molecule has 19 heavy (non-hydrogen) atoms. The summed E-state index contributed by atoms with van der Waals surface area (Å²) in [6.07, 6.45) is 12.3. The van der Waals surface area contributed by atoms with Gasteiger partial charge in [-0.15, -0.1) is 0 Å². The number of hydrogen-bond donors (Lipinski definition) is 0. The van der Waals surface area contributed by atoms with Crippen LogP contribution in [0.25, 0.3) is 0 Å². The maximum absolute atomic E-state index is 4.46. The lowest BCUT2D eigenvalue weighted by atomic mass is 9.40. The summed E-state index contributed by atoms with van der Waals surface area (Å²) < 4.78 is 2.56. The van der Waals surface area contributed by atoms with Crippen molar-refractivity contribution in [1.29, 1.82) is 0 Å². The van der Waals surface area contributed by atoms with E-state index in [1.165, 1.54) is 38.5 Å². The molecule has 3 heteroatoms. The van der Waals surface area contributed by atoms with Crippen LogP contribution in [0.1, 0.15) is 52.4 Å². The van der Waals surface area contributed by atoms with Gasteiger partial charge in [0.05, 0.1) is 0 Å². The fourth-order valence-electron chi connectivity index (χ4n) is 6.70. The van der Waals surface area contributed by atoms with Crippen LogP contribution < -0.4 is 0 Å². The molecular weight excluding hydrogens is 300 g/mol. The lowest BCUT2D eigenvalue weighted by molar-refractivity contribution is -0.137. The summed E-state index contributed by atoms with van der Waals surface area (Å²) in [5.41, 5.74) is 1.55. The zero-order valence-electron chi connectivity index (χ0n) is 12.0. The van der Waals surface area contributed by atoms with E-state index in [2.05, 4.69) is 45.8 Å². The van der Waals surface area contributed by atoms with Crippen LogP contribution in [0.2, 0.25) is 0 Å². The number of hydrogen-bond acceptors (Lipinski definition) is 1. The lowest BCUT2D eigenvalue weighted by Gasteiger charge is -2.68. The van der Waals surface area contributed by atoms with Crippen molar-refractivity contribution in [2.45, 2.75) is 63.2 Å². The Morgan fingerprint density at radius 2 is 1.74 bits per heavy atom. The molecule has 1 aromatic heterocycles. The Labute approximate surface area is 124 Å². The van der Waals surface area contributed by atoms with Crippen molar-refractivity contribution in [2.24, 2.45) is 16.2 Å². The van der Waals surface area contributed by atoms with Gasteiger partial charge in [0, 0.05) is 23.3 Å². The molecule has 104 valence electrons. The summed E-state index contributed by atoms with van der Waals surface area (Å²) in [6, 6.07) is 2.05. The van der Waals surface area contributed by atoms with Gasteiger partial charge in [0.2, 0.25) is 0 Å². The van der Waals surface area contributed by atoms with E-state index in [4.69, 9.17) is 0 Å². The molecule has 4 aliphatic carbocycles. The van der Waals surface area contributed by atoms with Crippen LogP contribution in [-0.2, 0) is 6.54 Å². The van der Waals surface area contributed by atoms with Crippen LogP contribution in [0.15, 0.2) is 18.5 Å². The van der Waals surface area contributed by atoms with Gasteiger partial charge in [0.25, 0.3) is 0 Å². The van der Waals surface area contributed by atoms with Crippen molar-refractivity contribution in [1.82, 2.24) is 9.78 Å². The van der Waals surface area contributed by atoms with Crippen LogP contribution in [-0.4, -0.2) is 14.1 Å². The van der Waals surface area contributed by atoms with E-state index in [0.29, 0.717) is 20.6 Å². The average Bonchev–Trinajstić information content (AvgIpc) is 2.60. The minimum absolute atomic E-state index is 0.401. The standard InChI is InChI=1S/C16H23BrN2/c1-13-6-14(2)8-15(7-13,11-16(17,9-13)10-14)12-19-5-3-4-18-19/h3-5H,6-12H2,1-2H3. The summed E-state index contributed by atoms with van der Waals surface area (Å²) in [4.78, 5) is 0. The van der Waals surface area contributed by atoms with E-state index >= 15 is 0 Å². The summed E-state index contributed by atoms with van der Waals surface area (Å²) >= 11 is 4.14. The SMILES string of the molecule is CC12CC3(C)CC(Br)(C1)CC(Cn1cccn1)(C2)C3. The molecule has 1 heterocycles. The van der Waals surface area contributed by atoms with Gasteiger partial charge >= 0.3 is 0 Å². The van der Waals surface area contributed by atoms with E-state index in [9.17, 15) is 0 Å². The van der Waals surface area contributed by atoms with Crippen molar-refractivity contribution in [3.63, 3.8) is 0 Å². The quantitative estimate of drug-likeness (QED) is 0.738. The maximum Gasteiger partial charge on any atom is 0.0489 e. The minimum Gasteiger partial charge on any atom is -0.272 e. The molecule has 0 N–H and O–H groups in total. The van der Waals surface area contributed by atoms with Crippen LogP contribution in [0.3, 0.4) is 0 Å². The Morgan fingerprint density at radius 1 is 1.05 bits per heavy atom. The molecule has 0 aromatic carbocycles. The average molecular weight is 323 g/mol. The van der Waals surface area contributed by atoms with E-state index in [1.807, 2.05) is 12.3 Å². The van der Waals surface area contributed by atoms with Crippen molar-refractivity contribution in [3.05, 3.63) is 18.5 Å². The second-order valence-corrected chi connectivity index (χ2v) is 10.2. The molecule has 2 nitrogen and oxygen atoms in total. The van der Waals surface area contributed by atoms with Gasteiger partial charge in [-0.25, -0.2) is 0 Å². The molecule has 0 radical (unpaired) electrons. The highest BCUT2D eigenvalue weighted by atomic mass is 79.9. The smallest absolute Gasteiger partial charge is 0.0489 e. The van der Waals surface area contributed by atoms with Gasteiger partial charge in [-0.3, -0.25) is 4.68 Å². The van der Waals surface area contributed by atoms with E-state index in [0.717, 1.165) is 6.54 Å². The third kappa shape index (κ3) is 1.91. The van der Waals surface area contributed by atoms with E-state index in [1.54, 1.807) is 0 Å². The third-order valence-electron chi connectivity index (χ3n) is 5.69. The first-order valence-corrected chi connectivity index (χ1v) is 8.28. The van der Waals surface area contributed by atoms with Gasteiger partial charge in [0.15, 0.2) is 0 Å². The second kappa shape index (κ2) is 3.47. The first kappa shape index (κ1) is 12.4. The summed E-state index contributed by atoms with van der Waals surface area (Å²) in [5, 5.41) is 4.46. The number of rotatable bonds is 2. The number of aromatic nitrogens is 2. The molecule has 4 bridgehead atoms. The van der Waals surface area contributed by atoms with Crippen molar-refractivity contribution < 1.29 is 0 Å². The third-order valence-corrected chi connectivity index (χ3v) is 6.53. The maximum atomic E-state index is 4.46. The Morgan fingerprint density at radius 3 is 2.26 bits per heavy atom. The molecule has 1 aromatic rings. The zero-order valence-corrected chi connectivity index (χ0v) is 13.5. The highest BCUT2D eigenvalue weighted by Crippen LogP contribution is 2.73. The van der Waals surface area contributed by atoms with E-state index < -0.39 is 0 Å². The van der Waals surface area contributed by atoms with Crippen LogP contribution in [0, 0.1) is 16.2 Å². The second-order valence-electron chi connectivity index (χ2n) is 8.54. The molecular formula is C16H23BrN2. The Balaban J connectivity index is 1.73. The molecule has 4 saturated carbocycles. The number of alkyl halides is 1. The highest BCUT2D eigenvalue weighted by Gasteiger charge is 2.64. The first-order valence-electron chi connectivity index (χ1n) is 7.48. The molecule has 5 rings (SSSR count). The largest absolute Gasteiger partial charge is 0.272 e. The molecule has 2 unspecified atom stereocenters. The van der Waals surface area contributed by atoms with Crippen molar-refractivity contribution >= 4 is 15.9 Å². The van der Waals surface area contributed by atoms with Gasteiger partial charge in [0.1, 0.15) is 0 Å². The molecule has 0 amide bonds. The minimum atomic E-state index is 0.401. The normalized spacial score (nSPS) is 51.7. The Bertz CT molecular complexity index is 453. The molecule has 0 saturated heterocycles. The predicted molar refractivity (Wildman–Crippen MR) is 80.2 cm³/mol. The van der Waals surface area contributed by atoms with Crippen molar-refractivity contribution in [3.8, 4) is 0 Å². The zero-order chi connectivity index (χ0) is 13.4. The van der Waals surface area contributed by atoms with E-state index in [-0.39, 0.29) is 0 Å². The fraction of sp³-hybridized carbons (Fsp3) is 0.812. The van der Waals surface area contributed by atoms with Crippen LogP contribution >= 0.6 is 15.9 Å². The van der Waals surface area contributed by atoms with Gasteiger partial charge in [-0.2, -0.15) is 5.10 Å². The molecule has 2 atom stereocenters. The summed E-state index contributed by atoms with van der Waals surface area (Å²) in [5.74, 6) is 0. The monoisotopic (exact) mass is 322 g/mol. The fourth-order valence-corrected chi connectivity index (χ4v) is 8.65. The number of nitrogens with zero attached hydrogens (tertiary/aromatic N) is 2. The first-order chi connectivity index (χ1) is 8.82. The molecule has 0 aliphatic heterocycles. The van der Waals surface area contributed by atoms with Gasteiger partial charge in [-0.1, -0.05) is 29.8 Å². The Kier molecular flexibility index (Phi) is 2.27. The van der Waals surface area contributed by atoms with Crippen LogP contribution in [0.5, 0.6) is 0 Å². The number of halogens is 1. The van der Waals surface area contributed by atoms with Gasteiger partial charge < -0.3 is 0 Å². The summed E-state index contributed by atoms with van der Waals surface area (Å²) in [6.45, 7) is 6.16. The Hall–Kier alpha value is -0.310. The molecule has 4 aliphatic rings. The topological polar surface area (TPSA) is 17.8 Å². The van der Waals surface area contributed by atoms with Crippen LogP contribution in [0.4, 0.5) is 0 Å². The van der Waals surface area contributed by atoms with Crippen molar-refractivity contribution in [2.75, 3.05) is 0 Å².